The Hall–Kier alpha value is -3.29. The summed E-state index contributed by atoms with van der Waals surface area (Å²) in [6.45, 7) is 0.181. The van der Waals surface area contributed by atoms with E-state index in [2.05, 4.69) is 15.5 Å². The Morgan fingerprint density at radius 2 is 1.71 bits per heavy atom. The molecule has 4 rings (SSSR count). The van der Waals surface area contributed by atoms with E-state index in [9.17, 15) is 4.79 Å². The van der Waals surface area contributed by atoms with E-state index in [1.165, 1.54) is 11.8 Å². The number of aromatic nitrogens is 2. The predicted octanol–water partition coefficient (Wildman–Crippen LogP) is 5.85. The number of hydrogen-bond donors (Lipinski definition) is 1. The minimum Gasteiger partial charge on any atom is -0.484 e. The fourth-order valence-electron chi connectivity index (χ4n) is 2.65. The maximum absolute atomic E-state index is 12.3. The van der Waals surface area contributed by atoms with Gasteiger partial charge in [-0.2, -0.15) is 0 Å². The van der Waals surface area contributed by atoms with Crippen LogP contribution in [0.2, 0.25) is 5.02 Å². The number of nitrogens with zero attached hydrogens (tertiary/aromatic N) is 2. The number of anilines is 1. The second-order valence-corrected chi connectivity index (χ2v) is 7.87. The van der Waals surface area contributed by atoms with Crippen LogP contribution in [0.4, 0.5) is 5.69 Å². The monoisotopic (exact) mass is 451 g/mol. The van der Waals surface area contributed by atoms with E-state index in [4.69, 9.17) is 20.8 Å². The Labute approximate surface area is 188 Å². The molecule has 1 amide bonds. The van der Waals surface area contributed by atoms with Gasteiger partial charge in [-0.1, -0.05) is 53.7 Å². The van der Waals surface area contributed by atoms with E-state index in [-0.39, 0.29) is 12.5 Å². The van der Waals surface area contributed by atoms with Crippen LogP contribution in [0.25, 0.3) is 0 Å². The lowest BCUT2D eigenvalue weighted by Gasteiger charge is -2.06. The highest BCUT2D eigenvalue weighted by Gasteiger charge is 2.09. The first-order chi connectivity index (χ1) is 15.2. The smallest absolute Gasteiger partial charge is 0.277 e. The molecular formula is C23H18ClN3O3S. The first-order valence-corrected chi connectivity index (χ1v) is 10.8. The van der Waals surface area contributed by atoms with Crippen molar-refractivity contribution in [2.24, 2.45) is 0 Å². The molecule has 1 aromatic heterocycles. The molecule has 0 saturated heterocycles. The van der Waals surface area contributed by atoms with E-state index in [0.29, 0.717) is 33.2 Å². The van der Waals surface area contributed by atoms with Gasteiger partial charge in [0.25, 0.3) is 17.0 Å². The van der Waals surface area contributed by atoms with Crippen molar-refractivity contribution in [3.8, 4) is 5.75 Å². The normalized spacial score (nSPS) is 10.6. The maximum atomic E-state index is 12.3. The van der Waals surface area contributed by atoms with E-state index in [0.717, 1.165) is 11.3 Å². The summed E-state index contributed by atoms with van der Waals surface area (Å²) in [6.07, 6.45) is 0. The lowest BCUT2D eigenvalue weighted by molar-refractivity contribution is 0.102. The predicted molar refractivity (Wildman–Crippen MR) is 120 cm³/mol. The van der Waals surface area contributed by atoms with Gasteiger partial charge >= 0.3 is 0 Å². The fraction of sp³-hybridized carbons (Fsp3) is 0.0870. The van der Waals surface area contributed by atoms with Crippen LogP contribution in [-0.4, -0.2) is 16.1 Å². The number of nitrogens with one attached hydrogen (secondary N) is 1. The van der Waals surface area contributed by atoms with Gasteiger partial charge in [-0.25, -0.2) is 0 Å². The molecule has 8 heteroatoms. The van der Waals surface area contributed by atoms with Crippen LogP contribution in [0.1, 0.15) is 21.8 Å². The molecule has 6 nitrogen and oxygen atoms in total. The van der Waals surface area contributed by atoms with Crippen LogP contribution in [0.15, 0.2) is 88.5 Å². The van der Waals surface area contributed by atoms with Crippen molar-refractivity contribution in [1.82, 2.24) is 10.2 Å². The lowest BCUT2D eigenvalue weighted by Crippen LogP contribution is -2.11. The minimum atomic E-state index is -0.146. The molecule has 0 fully saturated rings. The standard InChI is InChI=1S/C23H18ClN3O3S/c24-18-10-12-20(13-11-18)29-14-21-26-27-23(30-21)31-15-16-6-8-17(9-7-16)22(28)25-19-4-2-1-3-5-19/h1-13H,14-15H2,(H,25,28). The summed E-state index contributed by atoms with van der Waals surface area (Å²) >= 11 is 7.28. The second kappa shape index (κ2) is 10.1. The molecule has 0 aliphatic carbocycles. The molecular weight excluding hydrogens is 434 g/mol. The van der Waals surface area contributed by atoms with E-state index < -0.39 is 0 Å². The van der Waals surface area contributed by atoms with E-state index in [1.54, 1.807) is 36.4 Å². The molecule has 0 radical (unpaired) electrons. The quantitative estimate of drug-likeness (QED) is 0.339. The molecule has 1 heterocycles. The Balaban J connectivity index is 1.26. The summed E-state index contributed by atoms with van der Waals surface area (Å²) in [5.41, 5.74) is 2.40. The van der Waals surface area contributed by atoms with Crippen LogP contribution in [0, 0.1) is 0 Å². The van der Waals surface area contributed by atoms with Crippen LogP contribution >= 0.6 is 23.4 Å². The third-order valence-electron chi connectivity index (χ3n) is 4.23. The van der Waals surface area contributed by atoms with E-state index in [1.807, 2.05) is 42.5 Å². The van der Waals surface area contributed by atoms with Gasteiger partial charge in [0.2, 0.25) is 0 Å². The molecule has 4 aromatic rings. The van der Waals surface area contributed by atoms with Gasteiger partial charge in [0.15, 0.2) is 6.61 Å². The van der Waals surface area contributed by atoms with Crippen molar-refractivity contribution in [2.45, 2.75) is 17.6 Å². The molecule has 0 saturated carbocycles. The third-order valence-corrected chi connectivity index (χ3v) is 5.38. The number of amides is 1. The SMILES string of the molecule is O=C(Nc1ccccc1)c1ccc(CSc2nnc(COc3ccc(Cl)cc3)o2)cc1. The first kappa shape index (κ1) is 21.0. The number of benzene rings is 3. The molecule has 3 aromatic carbocycles. The number of hydrogen-bond acceptors (Lipinski definition) is 6. The average Bonchev–Trinajstić information content (AvgIpc) is 3.26. The highest BCUT2D eigenvalue weighted by atomic mass is 35.5. The number of carbonyl (C=O) groups is 1. The van der Waals surface area contributed by atoms with E-state index >= 15 is 0 Å². The molecule has 0 unspecified atom stereocenters. The molecule has 1 N–H and O–H groups in total. The Bertz CT molecular complexity index is 1130. The van der Waals surface area contributed by atoms with Gasteiger partial charge in [-0.05, 0) is 54.1 Å². The minimum absolute atomic E-state index is 0.146. The largest absolute Gasteiger partial charge is 0.484 e. The zero-order valence-electron chi connectivity index (χ0n) is 16.3. The summed E-state index contributed by atoms with van der Waals surface area (Å²) in [5, 5.41) is 12.0. The Morgan fingerprint density at radius 3 is 2.45 bits per heavy atom. The average molecular weight is 452 g/mol. The second-order valence-electron chi connectivity index (χ2n) is 6.51. The summed E-state index contributed by atoms with van der Waals surface area (Å²) in [5.74, 6) is 1.56. The third kappa shape index (κ3) is 6.10. The summed E-state index contributed by atoms with van der Waals surface area (Å²) in [6, 6.07) is 23.8. The van der Waals surface area contributed by atoms with Crippen molar-refractivity contribution in [1.29, 1.82) is 0 Å². The Kier molecular flexibility index (Phi) is 6.86. The van der Waals surface area contributed by atoms with Gasteiger partial charge < -0.3 is 14.5 Å². The zero-order valence-corrected chi connectivity index (χ0v) is 17.9. The molecule has 0 bridgehead atoms. The van der Waals surface area contributed by atoms with Crippen LogP contribution < -0.4 is 10.1 Å². The summed E-state index contributed by atoms with van der Waals surface area (Å²) < 4.78 is 11.2. The van der Waals surface area contributed by atoms with Gasteiger partial charge in [0.05, 0.1) is 0 Å². The summed E-state index contributed by atoms with van der Waals surface area (Å²) in [4.78, 5) is 12.3. The Morgan fingerprint density at radius 1 is 0.968 bits per heavy atom. The van der Waals surface area contributed by atoms with Crippen molar-refractivity contribution >= 4 is 35.0 Å². The van der Waals surface area contributed by atoms with Crippen molar-refractivity contribution in [3.63, 3.8) is 0 Å². The van der Waals surface area contributed by atoms with Crippen LogP contribution in [-0.2, 0) is 12.4 Å². The number of para-hydroxylation sites is 1. The highest BCUT2D eigenvalue weighted by Crippen LogP contribution is 2.23. The zero-order chi connectivity index (χ0) is 21.5. The first-order valence-electron chi connectivity index (χ1n) is 9.44. The van der Waals surface area contributed by atoms with Crippen LogP contribution in [0.3, 0.4) is 0 Å². The topological polar surface area (TPSA) is 77.2 Å². The molecule has 0 spiro atoms. The molecule has 0 atom stereocenters. The van der Waals surface area contributed by atoms with Crippen molar-refractivity contribution < 1.29 is 13.9 Å². The number of carbonyl (C=O) groups excluding carboxylic acids is 1. The maximum Gasteiger partial charge on any atom is 0.277 e. The fourth-order valence-corrected chi connectivity index (χ4v) is 3.52. The van der Waals surface area contributed by atoms with Crippen molar-refractivity contribution in [3.05, 3.63) is 101 Å². The number of rotatable bonds is 8. The summed E-state index contributed by atoms with van der Waals surface area (Å²) in [7, 11) is 0. The van der Waals surface area contributed by atoms with Gasteiger partial charge in [0.1, 0.15) is 5.75 Å². The molecule has 31 heavy (non-hydrogen) atoms. The van der Waals surface area contributed by atoms with Crippen molar-refractivity contribution in [2.75, 3.05) is 5.32 Å². The number of thioether (sulfide) groups is 1. The lowest BCUT2D eigenvalue weighted by atomic mass is 10.1. The molecule has 156 valence electrons. The molecule has 0 aliphatic rings. The number of ether oxygens (including phenoxy) is 1. The highest BCUT2D eigenvalue weighted by molar-refractivity contribution is 7.98. The van der Waals surface area contributed by atoms with Gasteiger partial charge in [-0.15, -0.1) is 10.2 Å². The van der Waals surface area contributed by atoms with Gasteiger partial charge in [0, 0.05) is 22.0 Å². The van der Waals surface area contributed by atoms with Gasteiger partial charge in [-0.3, -0.25) is 4.79 Å². The molecule has 0 aliphatic heterocycles. The van der Waals surface area contributed by atoms with Crippen LogP contribution in [0.5, 0.6) is 5.75 Å². The number of halogens is 1.